The van der Waals surface area contributed by atoms with Crippen molar-refractivity contribution in [2.24, 2.45) is 5.73 Å². The van der Waals surface area contributed by atoms with Gasteiger partial charge in [-0.05, 0) is 19.1 Å². The zero-order valence-corrected chi connectivity index (χ0v) is 11.2. The lowest BCUT2D eigenvalue weighted by molar-refractivity contribution is 0.159. The van der Waals surface area contributed by atoms with E-state index in [0.717, 1.165) is 0 Å². The molecule has 1 rings (SSSR count). The highest BCUT2D eigenvalue weighted by Gasteiger charge is 2.18. The molecular formula is C10H16N4O4S. The zero-order valence-electron chi connectivity index (χ0n) is 10.4. The summed E-state index contributed by atoms with van der Waals surface area (Å²) in [4.78, 5) is 14.3. The van der Waals surface area contributed by atoms with Crippen LogP contribution in [0.4, 0.5) is 10.6 Å². The van der Waals surface area contributed by atoms with Crippen molar-refractivity contribution >= 4 is 21.9 Å². The highest BCUT2D eigenvalue weighted by molar-refractivity contribution is 7.89. The number of amides is 1. The van der Waals surface area contributed by atoms with E-state index in [1.165, 1.54) is 18.3 Å². The van der Waals surface area contributed by atoms with Crippen LogP contribution in [0.2, 0.25) is 0 Å². The van der Waals surface area contributed by atoms with Crippen LogP contribution in [0.5, 0.6) is 0 Å². The molecular weight excluding hydrogens is 272 g/mol. The summed E-state index contributed by atoms with van der Waals surface area (Å²) >= 11 is 0. The second-order valence-corrected chi connectivity index (χ2v) is 5.18. The summed E-state index contributed by atoms with van der Waals surface area (Å²) < 4.78 is 30.7. The number of hydrogen-bond donors (Lipinski definition) is 3. The molecule has 0 aliphatic heterocycles. The summed E-state index contributed by atoms with van der Waals surface area (Å²) in [5.74, 6) is 0.272. The molecule has 1 aromatic rings. The summed E-state index contributed by atoms with van der Waals surface area (Å²) in [6, 6.07) is 2.96. The number of carbonyl (C=O) groups excluding carboxylic acids is 1. The Labute approximate surface area is 111 Å². The van der Waals surface area contributed by atoms with Crippen LogP contribution in [0.1, 0.15) is 6.92 Å². The molecule has 0 spiro atoms. The van der Waals surface area contributed by atoms with Crippen LogP contribution in [0.25, 0.3) is 0 Å². The Balaban J connectivity index is 2.74. The van der Waals surface area contributed by atoms with Gasteiger partial charge in [-0.25, -0.2) is 22.9 Å². The van der Waals surface area contributed by atoms with E-state index in [4.69, 9.17) is 5.73 Å². The highest BCUT2D eigenvalue weighted by atomic mass is 32.2. The van der Waals surface area contributed by atoms with Gasteiger partial charge in [0, 0.05) is 19.3 Å². The summed E-state index contributed by atoms with van der Waals surface area (Å²) in [5.41, 5.74) is 4.76. The van der Waals surface area contributed by atoms with E-state index in [2.05, 4.69) is 19.8 Å². The van der Waals surface area contributed by atoms with Crippen molar-refractivity contribution in [3.8, 4) is 0 Å². The van der Waals surface area contributed by atoms with Gasteiger partial charge < -0.3 is 15.8 Å². The van der Waals surface area contributed by atoms with Gasteiger partial charge in [0.2, 0.25) is 10.0 Å². The van der Waals surface area contributed by atoms with E-state index in [-0.39, 0.29) is 23.9 Å². The third-order valence-corrected chi connectivity index (χ3v) is 3.54. The lowest BCUT2D eigenvalue weighted by Gasteiger charge is -2.11. The number of nitrogens with one attached hydrogen (secondary N) is 2. The van der Waals surface area contributed by atoms with Crippen LogP contribution < -0.4 is 15.8 Å². The molecule has 9 heteroatoms. The van der Waals surface area contributed by atoms with Crippen molar-refractivity contribution in [1.82, 2.24) is 9.71 Å². The van der Waals surface area contributed by atoms with Crippen molar-refractivity contribution in [2.45, 2.75) is 11.8 Å². The molecule has 106 valence electrons. The SMILES string of the molecule is CCNc1ncccc1S(=O)(=O)NCCOC(N)=O. The lowest BCUT2D eigenvalue weighted by Crippen LogP contribution is -2.29. The summed E-state index contributed by atoms with van der Waals surface area (Å²) in [6.07, 6.45) is 0.543. The number of ether oxygens (including phenoxy) is 1. The first-order chi connectivity index (χ1) is 8.97. The molecule has 0 aromatic carbocycles. The molecule has 0 fully saturated rings. The van der Waals surface area contributed by atoms with Crippen molar-refractivity contribution in [1.29, 1.82) is 0 Å². The minimum absolute atomic E-state index is 0.0379. The van der Waals surface area contributed by atoms with Gasteiger partial charge in [-0.3, -0.25) is 0 Å². The largest absolute Gasteiger partial charge is 0.448 e. The molecule has 19 heavy (non-hydrogen) atoms. The fraction of sp³-hybridized carbons (Fsp3) is 0.400. The van der Waals surface area contributed by atoms with E-state index in [9.17, 15) is 13.2 Å². The number of primary amides is 1. The number of rotatable bonds is 7. The van der Waals surface area contributed by atoms with Crippen LogP contribution in [0, 0.1) is 0 Å². The second-order valence-electron chi connectivity index (χ2n) is 3.45. The predicted molar refractivity (Wildman–Crippen MR) is 69.1 cm³/mol. The van der Waals surface area contributed by atoms with Crippen LogP contribution >= 0.6 is 0 Å². The number of anilines is 1. The molecule has 8 nitrogen and oxygen atoms in total. The Morgan fingerprint density at radius 3 is 2.89 bits per heavy atom. The topological polar surface area (TPSA) is 123 Å². The Bertz CT molecular complexity index is 532. The number of pyridine rings is 1. The van der Waals surface area contributed by atoms with Gasteiger partial charge in [0.1, 0.15) is 17.3 Å². The van der Waals surface area contributed by atoms with Crippen LogP contribution in [0.3, 0.4) is 0 Å². The first-order valence-electron chi connectivity index (χ1n) is 5.58. The number of sulfonamides is 1. The average Bonchev–Trinajstić information content (AvgIpc) is 2.35. The summed E-state index contributed by atoms with van der Waals surface area (Å²) in [7, 11) is -3.72. The van der Waals surface area contributed by atoms with E-state index >= 15 is 0 Å². The highest BCUT2D eigenvalue weighted by Crippen LogP contribution is 2.17. The Kier molecular flexibility index (Phi) is 5.52. The monoisotopic (exact) mass is 288 g/mol. The second kappa shape index (κ2) is 6.90. The van der Waals surface area contributed by atoms with Gasteiger partial charge in [0.25, 0.3) is 0 Å². The van der Waals surface area contributed by atoms with Gasteiger partial charge in [0.15, 0.2) is 0 Å². The van der Waals surface area contributed by atoms with Crippen molar-refractivity contribution < 1.29 is 17.9 Å². The molecule has 0 saturated carbocycles. The molecule has 0 saturated heterocycles. The fourth-order valence-corrected chi connectivity index (χ4v) is 2.46. The molecule has 0 unspecified atom stereocenters. The average molecular weight is 288 g/mol. The predicted octanol–water partition coefficient (Wildman–Crippen LogP) is -0.113. The third kappa shape index (κ3) is 4.72. The fourth-order valence-electron chi connectivity index (χ4n) is 1.31. The molecule has 0 aliphatic carbocycles. The first-order valence-corrected chi connectivity index (χ1v) is 7.06. The molecule has 1 heterocycles. The van der Waals surface area contributed by atoms with Crippen LogP contribution in [-0.4, -0.2) is 39.2 Å². The van der Waals surface area contributed by atoms with Crippen molar-refractivity contribution in [3.63, 3.8) is 0 Å². The van der Waals surface area contributed by atoms with E-state index in [1.807, 2.05) is 6.92 Å². The Hall–Kier alpha value is -1.87. The molecule has 0 radical (unpaired) electrons. The number of hydrogen-bond acceptors (Lipinski definition) is 6. The van der Waals surface area contributed by atoms with Crippen molar-refractivity contribution in [3.05, 3.63) is 18.3 Å². The third-order valence-electron chi connectivity index (χ3n) is 2.04. The van der Waals surface area contributed by atoms with Gasteiger partial charge >= 0.3 is 6.09 Å². The van der Waals surface area contributed by atoms with Gasteiger partial charge in [-0.15, -0.1) is 0 Å². The van der Waals surface area contributed by atoms with E-state index < -0.39 is 16.1 Å². The number of carbonyl (C=O) groups is 1. The lowest BCUT2D eigenvalue weighted by atomic mass is 10.4. The number of nitrogens with two attached hydrogens (primary N) is 1. The van der Waals surface area contributed by atoms with Crippen molar-refractivity contribution in [2.75, 3.05) is 25.0 Å². The number of nitrogens with zero attached hydrogens (tertiary/aromatic N) is 1. The van der Waals surface area contributed by atoms with Crippen LogP contribution in [0.15, 0.2) is 23.2 Å². The molecule has 1 amide bonds. The molecule has 4 N–H and O–H groups in total. The standard InChI is InChI=1S/C10H16N4O4S/c1-2-12-9-8(4-3-5-13-9)19(16,17)14-6-7-18-10(11)15/h3-5,14H,2,6-7H2,1H3,(H2,11,15)(H,12,13). The smallest absolute Gasteiger partial charge is 0.404 e. The van der Waals surface area contributed by atoms with Crippen LogP contribution in [-0.2, 0) is 14.8 Å². The minimum atomic E-state index is -3.72. The normalized spacial score (nSPS) is 11.0. The van der Waals surface area contributed by atoms with Gasteiger partial charge in [0.05, 0.1) is 0 Å². The maximum Gasteiger partial charge on any atom is 0.404 e. The maximum atomic E-state index is 12.0. The zero-order chi connectivity index (χ0) is 14.3. The number of aromatic nitrogens is 1. The van der Waals surface area contributed by atoms with E-state index in [1.54, 1.807) is 0 Å². The summed E-state index contributed by atoms with van der Waals surface area (Å²) in [6.45, 7) is 2.18. The summed E-state index contributed by atoms with van der Waals surface area (Å²) in [5, 5.41) is 2.86. The quantitative estimate of drug-likeness (QED) is 0.601. The molecule has 0 aliphatic rings. The van der Waals surface area contributed by atoms with E-state index in [0.29, 0.717) is 6.54 Å². The van der Waals surface area contributed by atoms with Gasteiger partial charge in [-0.1, -0.05) is 0 Å². The molecule has 1 aromatic heterocycles. The first kappa shape index (κ1) is 15.2. The Morgan fingerprint density at radius 1 is 1.53 bits per heavy atom. The molecule has 0 atom stereocenters. The minimum Gasteiger partial charge on any atom is -0.448 e. The Morgan fingerprint density at radius 2 is 2.26 bits per heavy atom. The van der Waals surface area contributed by atoms with Gasteiger partial charge in [-0.2, -0.15) is 0 Å². The molecule has 0 bridgehead atoms. The maximum absolute atomic E-state index is 12.0.